The molecule has 1 saturated heterocycles. The molecule has 0 amide bonds. The minimum atomic E-state index is 0.0540. The fourth-order valence-corrected chi connectivity index (χ4v) is 5.18. The molecule has 4 nitrogen and oxygen atoms in total. The molecule has 0 radical (unpaired) electrons. The lowest BCUT2D eigenvalue weighted by atomic mass is 9.77. The maximum absolute atomic E-state index is 8.82. The van der Waals surface area contributed by atoms with Gasteiger partial charge in [0.05, 0.1) is 19.8 Å². The number of unbranched alkanes of at least 4 members (excludes halogenated alkanes) is 3. The quantitative estimate of drug-likeness (QED) is 0.364. The Morgan fingerprint density at radius 2 is 1.36 bits per heavy atom. The fraction of sp³-hybridized carbons (Fsp3) is 0.586. The Bertz CT molecular complexity index is 787. The Balaban J connectivity index is 1.19. The highest BCUT2D eigenvalue weighted by molar-refractivity contribution is 5.64. The summed E-state index contributed by atoms with van der Waals surface area (Å²) in [5.41, 5.74) is 3.98. The van der Waals surface area contributed by atoms with Gasteiger partial charge >= 0.3 is 0 Å². The van der Waals surface area contributed by atoms with E-state index in [9.17, 15) is 0 Å². The summed E-state index contributed by atoms with van der Waals surface area (Å²) in [6.45, 7) is 2.55. The molecule has 2 aromatic rings. The van der Waals surface area contributed by atoms with E-state index in [1.54, 1.807) is 0 Å². The van der Waals surface area contributed by atoms with Gasteiger partial charge in [0.25, 0.3) is 0 Å². The number of rotatable bonds is 12. The third-order valence-corrected chi connectivity index (χ3v) is 7.24. The number of aliphatic hydroxyl groups is 1. The molecule has 0 unspecified atom stereocenters. The topological polar surface area (TPSA) is 47.9 Å². The van der Waals surface area contributed by atoms with Gasteiger partial charge in [0, 0.05) is 6.61 Å². The molecule has 0 aromatic heterocycles. The number of ether oxygens (including phenoxy) is 3. The number of hydrogen-bond acceptors (Lipinski definition) is 4. The van der Waals surface area contributed by atoms with Crippen LogP contribution >= 0.6 is 0 Å². The molecule has 2 aliphatic rings. The van der Waals surface area contributed by atoms with Crippen molar-refractivity contribution in [2.45, 2.75) is 76.4 Å². The number of aliphatic hydroxyl groups excluding tert-OH is 1. The van der Waals surface area contributed by atoms with E-state index in [1.807, 2.05) is 0 Å². The second-order valence-electron chi connectivity index (χ2n) is 9.60. The molecule has 1 aliphatic carbocycles. The van der Waals surface area contributed by atoms with Crippen molar-refractivity contribution in [1.82, 2.24) is 0 Å². The monoisotopic (exact) mass is 452 g/mol. The van der Waals surface area contributed by atoms with Crippen LogP contribution < -0.4 is 4.74 Å². The van der Waals surface area contributed by atoms with Gasteiger partial charge < -0.3 is 19.3 Å². The van der Waals surface area contributed by atoms with Crippen LogP contribution in [0.25, 0.3) is 11.1 Å². The Labute approximate surface area is 199 Å². The summed E-state index contributed by atoms with van der Waals surface area (Å²) in [6, 6.07) is 17.6. The molecular weight excluding hydrogens is 412 g/mol. The standard InChI is InChI=1S/C29H40O4/c30-19-3-1-2-4-20-31-28-16-14-27(15-17-28)26-12-10-25(11-13-26)24-8-5-23(6-9-24)7-18-29-32-21-22-33-29/h10-17,23-24,29-30H,1-9,18-22H2/t23-,24-. The van der Waals surface area contributed by atoms with Gasteiger partial charge in [-0.25, -0.2) is 0 Å². The predicted molar refractivity (Wildman–Crippen MR) is 133 cm³/mol. The van der Waals surface area contributed by atoms with Crippen molar-refractivity contribution in [1.29, 1.82) is 0 Å². The highest BCUT2D eigenvalue weighted by Gasteiger charge is 2.24. The van der Waals surface area contributed by atoms with Crippen molar-refractivity contribution < 1.29 is 19.3 Å². The van der Waals surface area contributed by atoms with Crippen LogP contribution in [0.2, 0.25) is 0 Å². The number of benzene rings is 2. The van der Waals surface area contributed by atoms with E-state index >= 15 is 0 Å². The lowest BCUT2D eigenvalue weighted by molar-refractivity contribution is -0.0509. The van der Waals surface area contributed by atoms with Crippen LogP contribution in [0.4, 0.5) is 0 Å². The van der Waals surface area contributed by atoms with E-state index in [4.69, 9.17) is 19.3 Å². The van der Waals surface area contributed by atoms with Crippen molar-refractivity contribution in [3.05, 3.63) is 54.1 Å². The second kappa shape index (κ2) is 13.1. The zero-order valence-electron chi connectivity index (χ0n) is 19.9. The Morgan fingerprint density at radius 1 is 0.727 bits per heavy atom. The van der Waals surface area contributed by atoms with Gasteiger partial charge in [0.2, 0.25) is 0 Å². The first-order valence-corrected chi connectivity index (χ1v) is 13.0. The maximum atomic E-state index is 8.82. The van der Waals surface area contributed by atoms with Gasteiger partial charge in [-0.15, -0.1) is 0 Å². The van der Waals surface area contributed by atoms with Crippen molar-refractivity contribution in [3.8, 4) is 16.9 Å². The van der Waals surface area contributed by atoms with Crippen molar-refractivity contribution in [3.63, 3.8) is 0 Å². The third kappa shape index (κ3) is 7.56. The normalized spacial score (nSPS) is 21.4. The van der Waals surface area contributed by atoms with Gasteiger partial charge in [0.1, 0.15) is 5.75 Å². The average Bonchev–Trinajstić information content (AvgIpc) is 3.40. The molecule has 4 heteroatoms. The molecule has 1 saturated carbocycles. The largest absolute Gasteiger partial charge is 0.494 e. The van der Waals surface area contributed by atoms with Crippen molar-refractivity contribution >= 4 is 0 Å². The summed E-state index contributed by atoms with van der Waals surface area (Å²) < 4.78 is 17.0. The van der Waals surface area contributed by atoms with Gasteiger partial charge in [0.15, 0.2) is 6.29 Å². The summed E-state index contributed by atoms with van der Waals surface area (Å²) in [4.78, 5) is 0. The second-order valence-corrected chi connectivity index (χ2v) is 9.60. The molecule has 4 rings (SSSR count). The van der Waals surface area contributed by atoms with E-state index in [2.05, 4.69) is 48.5 Å². The highest BCUT2D eigenvalue weighted by atomic mass is 16.7. The smallest absolute Gasteiger partial charge is 0.157 e. The summed E-state index contributed by atoms with van der Waals surface area (Å²) >= 11 is 0. The van der Waals surface area contributed by atoms with Gasteiger partial charge in [-0.1, -0.05) is 42.8 Å². The fourth-order valence-electron chi connectivity index (χ4n) is 5.18. The molecule has 2 fully saturated rings. The Morgan fingerprint density at radius 3 is 2.03 bits per heavy atom. The molecule has 1 N–H and O–H groups in total. The minimum Gasteiger partial charge on any atom is -0.494 e. The number of hydrogen-bond donors (Lipinski definition) is 1. The SMILES string of the molecule is OCCCCCCOc1ccc(-c2ccc([C@H]3CC[C@H](CCC4OCCO4)CC3)cc2)cc1. The molecule has 0 spiro atoms. The minimum absolute atomic E-state index is 0.0540. The molecular formula is C29H40O4. The van der Waals surface area contributed by atoms with Crippen LogP contribution in [0.5, 0.6) is 5.75 Å². The van der Waals surface area contributed by atoms with E-state index in [1.165, 1.54) is 48.8 Å². The van der Waals surface area contributed by atoms with Crippen molar-refractivity contribution in [2.75, 3.05) is 26.4 Å². The van der Waals surface area contributed by atoms with Gasteiger partial charge in [-0.2, -0.15) is 0 Å². The molecule has 2 aromatic carbocycles. The highest BCUT2D eigenvalue weighted by Crippen LogP contribution is 2.38. The van der Waals surface area contributed by atoms with Crippen LogP contribution in [0.15, 0.2) is 48.5 Å². The van der Waals surface area contributed by atoms with Gasteiger partial charge in [-0.3, -0.25) is 0 Å². The van der Waals surface area contributed by atoms with E-state index < -0.39 is 0 Å². The third-order valence-electron chi connectivity index (χ3n) is 7.24. The molecule has 180 valence electrons. The van der Waals surface area contributed by atoms with Crippen LogP contribution in [0.1, 0.15) is 75.7 Å². The summed E-state index contributed by atoms with van der Waals surface area (Å²) in [6.07, 6.45) is 11.7. The van der Waals surface area contributed by atoms with Crippen molar-refractivity contribution in [2.24, 2.45) is 5.92 Å². The van der Waals surface area contributed by atoms with Crippen LogP contribution in [0, 0.1) is 5.92 Å². The van der Waals surface area contributed by atoms with Gasteiger partial charge in [-0.05, 0) is 98.4 Å². The molecule has 1 heterocycles. The first kappa shape index (κ1) is 24.3. The van der Waals surface area contributed by atoms with E-state index in [0.29, 0.717) is 5.92 Å². The molecule has 0 atom stereocenters. The zero-order valence-corrected chi connectivity index (χ0v) is 19.9. The summed E-state index contributed by atoms with van der Waals surface area (Å²) in [5.74, 6) is 2.46. The van der Waals surface area contributed by atoms with E-state index in [-0.39, 0.29) is 12.9 Å². The van der Waals surface area contributed by atoms with Crippen LogP contribution in [-0.4, -0.2) is 37.8 Å². The Kier molecular flexibility index (Phi) is 9.64. The molecule has 1 aliphatic heterocycles. The maximum Gasteiger partial charge on any atom is 0.157 e. The zero-order chi connectivity index (χ0) is 22.7. The summed E-state index contributed by atoms with van der Waals surface area (Å²) in [7, 11) is 0. The first-order chi connectivity index (χ1) is 16.3. The summed E-state index contributed by atoms with van der Waals surface area (Å²) in [5, 5.41) is 8.82. The Hall–Kier alpha value is -1.88. The van der Waals surface area contributed by atoms with Crippen LogP contribution in [-0.2, 0) is 9.47 Å². The molecule has 0 bridgehead atoms. The average molecular weight is 453 g/mol. The lowest BCUT2D eigenvalue weighted by Gasteiger charge is -2.29. The first-order valence-electron chi connectivity index (χ1n) is 13.0. The van der Waals surface area contributed by atoms with Crippen LogP contribution in [0.3, 0.4) is 0 Å². The predicted octanol–water partition coefficient (Wildman–Crippen LogP) is 6.71. The molecule has 33 heavy (non-hydrogen) atoms. The lowest BCUT2D eigenvalue weighted by Crippen LogP contribution is -2.16. The van der Waals surface area contributed by atoms with E-state index in [0.717, 1.165) is 63.6 Å².